The van der Waals surface area contributed by atoms with Crippen molar-refractivity contribution >= 4 is 73.6 Å². The number of alkyl halides is 3. The Morgan fingerprint density at radius 1 is 0.475 bits per heavy atom. The van der Waals surface area contributed by atoms with Crippen LogP contribution >= 0.6 is 67.8 Å². The number of carbonyl (C=O) groups excluding carboxylic acids is 1. The van der Waals surface area contributed by atoms with Crippen molar-refractivity contribution in [3.63, 3.8) is 0 Å². The summed E-state index contributed by atoms with van der Waals surface area (Å²) in [6.45, 7) is 15.0. The number of hydrogen-bond acceptors (Lipinski definition) is 11. The number of likely N-dealkylation sites (N-methyl/N-ethyl adjacent to an activating group) is 3. The van der Waals surface area contributed by atoms with Crippen LogP contribution in [0.15, 0.2) is 11.8 Å². The lowest BCUT2D eigenvalue weighted by atomic mass is 9.90. The minimum atomic E-state index is 0. The highest BCUT2D eigenvalue weighted by atomic mass is 127. The van der Waals surface area contributed by atoms with E-state index in [4.69, 9.17) is 0 Å². The van der Waals surface area contributed by atoms with Crippen LogP contribution in [0.4, 0.5) is 0 Å². The number of nitrogens with one attached hydrogen (secondary N) is 4. The second-order valence-corrected chi connectivity index (χ2v) is 28.7. The summed E-state index contributed by atoms with van der Waals surface area (Å²) in [5.74, 6) is 0.432. The third-order valence-corrected chi connectivity index (χ3v) is 14.0. The topological polar surface area (TPSA) is 84.6 Å². The molecular formula is C47H99I3N10O. The summed E-state index contributed by atoms with van der Waals surface area (Å²) >= 11 is 6.95. The molecule has 0 aromatic heterocycles. The van der Waals surface area contributed by atoms with Crippen LogP contribution in [0.25, 0.3) is 0 Å². The van der Waals surface area contributed by atoms with Gasteiger partial charge in [-0.15, -0.1) is 0 Å². The van der Waals surface area contributed by atoms with Gasteiger partial charge in [-0.25, -0.2) is 0 Å². The highest BCUT2D eigenvalue weighted by Crippen LogP contribution is 2.26. The summed E-state index contributed by atoms with van der Waals surface area (Å²) in [6.07, 6.45) is 20.9. The maximum absolute atomic E-state index is 10.7. The number of halogens is 3. The third-order valence-electron chi connectivity index (χ3n) is 14.0. The molecule has 61 heavy (non-hydrogen) atoms. The molecule has 4 aliphatic carbocycles. The molecule has 1 atom stereocenters. The van der Waals surface area contributed by atoms with E-state index in [2.05, 4.69) is 167 Å². The van der Waals surface area contributed by atoms with Crippen molar-refractivity contribution in [3.05, 3.63) is 11.8 Å². The molecule has 0 unspecified atom stereocenters. The molecule has 0 radical (unpaired) electrons. The van der Waals surface area contributed by atoms with E-state index >= 15 is 0 Å². The molecule has 7 aliphatic rings. The van der Waals surface area contributed by atoms with Crippen molar-refractivity contribution in [1.29, 1.82) is 0 Å². The summed E-state index contributed by atoms with van der Waals surface area (Å²) in [4.78, 5) is 26.0. The zero-order valence-electron chi connectivity index (χ0n) is 37.9. The first kappa shape index (κ1) is 62.0. The molecule has 3 saturated heterocycles. The highest BCUT2D eigenvalue weighted by Gasteiger charge is 2.28. The number of hydrogen-bond donors (Lipinski definition) is 4. The SMILES string of the molecule is C.C.C.CNC1CCC(=O)CC1.CNC1CCC(N2CCN(C)CC2)CC1.CNC1CCC(N2CCN(C)CC2)CC1.CN[C@@H]1CC=C(N2CCN(C)CC2)CC1.IC(I)I. The van der Waals surface area contributed by atoms with Gasteiger partial charge < -0.3 is 40.9 Å². The van der Waals surface area contributed by atoms with Gasteiger partial charge in [0.2, 0.25) is 0 Å². The maximum Gasteiger partial charge on any atom is 0.133 e. The number of piperazine rings is 3. The van der Waals surface area contributed by atoms with E-state index in [0.717, 1.165) is 49.8 Å². The van der Waals surface area contributed by atoms with E-state index < -0.39 is 0 Å². The second kappa shape index (κ2) is 36.1. The highest BCUT2D eigenvalue weighted by molar-refractivity contribution is 14.3. The molecule has 14 heteroatoms. The Kier molecular flexibility index (Phi) is 36.7. The Morgan fingerprint density at radius 2 is 0.787 bits per heavy atom. The van der Waals surface area contributed by atoms with E-state index in [1.165, 1.54) is 149 Å². The van der Waals surface area contributed by atoms with Gasteiger partial charge in [-0.3, -0.25) is 14.6 Å². The van der Waals surface area contributed by atoms with Gasteiger partial charge in [-0.1, -0.05) is 96.1 Å². The predicted molar refractivity (Wildman–Crippen MR) is 295 cm³/mol. The maximum atomic E-state index is 10.7. The molecule has 0 aromatic rings. The van der Waals surface area contributed by atoms with E-state index in [1.807, 2.05) is 7.05 Å². The van der Waals surface area contributed by atoms with Crippen LogP contribution in [0, 0.1) is 0 Å². The fraction of sp³-hybridized carbons (Fsp3) is 0.936. The molecule has 3 saturated carbocycles. The van der Waals surface area contributed by atoms with Crippen molar-refractivity contribution in [2.45, 2.75) is 155 Å². The molecule has 4 N–H and O–H groups in total. The quantitative estimate of drug-likeness (QED) is 0.150. The largest absolute Gasteiger partial charge is 0.373 e. The van der Waals surface area contributed by atoms with Crippen molar-refractivity contribution in [3.8, 4) is 0 Å². The third kappa shape index (κ3) is 25.7. The van der Waals surface area contributed by atoms with Gasteiger partial charge >= 0.3 is 0 Å². The van der Waals surface area contributed by atoms with Crippen LogP contribution in [-0.4, -0.2) is 199 Å². The normalized spacial score (nSPS) is 28.6. The van der Waals surface area contributed by atoms with E-state index in [0.29, 0.717) is 17.9 Å². The summed E-state index contributed by atoms with van der Waals surface area (Å²) in [7, 11) is 14.9. The van der Waals surface area contributed by atoms with Crippen LogP contribution in [0.5, 0.6) is 0 Å². The Bertz CT molecular complexity index is 1030. The smallest absolute Gasteiger partial charge is 0.133 e. The second-order valence-electron chi connectivity index (χ2n) is 17.9. The Labute approximate surface area is 420 Å². The number of ketones is 1. The van der Waals surface area contributed by atoms with Gasteiger partial charge in [0.05, 0.1) is 0 Å². The van der Waals surface area contributed by atoms with Gasteiger partial charge in [0, 0.05) is 133 Å². The summed E-state index contributed by atoms with van der Waals surface area (Å²) < 4.78 is 0.743. The van der Waals surface area contributed by atoms with Crippen molar-refractivity contribution in [1.82, 2.24) is 50.7 Å². The fourth-order valence-electron chi connectivity index (χ4n) is 9.53. The first-order valence-electron chi connectivity index (χ1n) is 23.0. The lowest BCUT2D eigenvalue weighted by molar-refractivity contribution is -0.120. The fourth-order valence-corrected chi connectivity index (χ4v) is 9.53. The lowest BCUT2D eigenvalue weighted by Crippen LogP contribution is -2.50. The minimum absolute atomic E-state index is 0. The van der Waals surface area contributed by atoms with E-state index in [9.17, 15) is 4.79 Å². The molecule has 0 amide bonds. The van der Waals surface area contributed by atoms with Crippen LogP contribution in [0.2, 0.25) is 0 Å². The van der Waals surface area contributed by atoms with Gasteiger partial charge in [0.15, 0.2) is 0 Å². The molecule has 3 heterocycles. The summed E-state index contributed by atoms with van der Waals surface area (Å²) in [5, 5.41) is 13.4. The van der Waals surface area contributed by atoms with Gasteiger partial charge in [0.25, 0.3) is 0 Å². The first-order valence-corrected chi connectivity index (χ1v) is 26.8. The Balaban J connectivity index is 0.000000762. The lowest BCUT2D eigenvalue weighted by Gasteiger charge is -2.41. The van der Waals surface area contributed by atoms with Crippen LogP contribution in [-0.2, 0) is 4.79 Å². The number of rotatable bonds is 7. The molecule has 0 aromatic carbocycles. The zero-order chi connectivity index (χ0) is 42.3. The summed E-state index contributed by atoms with van der Waals surface area (Å²) in [5.41, 5.74) is 1.59. The molecule has 364 valence electrons. The first-order chi connectivity index (χ1) is 27.9. The van der Waals surface area contributed by atoms with Gasteiger partial charge in [-0.2, -0.15) is 0 Å². The molecule has 7 rings (SSSR count). The summed E-state index contributed by atoms with van der Waals surface area (Å²) in [6, 6.07) is 4.64. The molecule has 0 bridgehead atoms. The Hall–Kier alpha value is 1.04. The number of carbonyl (C=O) groups is 1. The molecule has 6 fully saturated rings. The zero-order valence-corrected chi connectivity index (χ0v) is 44.4. The average Bonchev–Trinajstić information content (AvgIpc) is 3.25. The molecule has 3 aliphatic heterocycles. The van der Waals surface area contributed by atoms with Crippen molar-refractivity contribution in [2.75, 3.05) is 128 Å². The standard InChI is InChI=1S/2C12H25N3.C12H23N3.C7H13NO.CHI3.3CH4/c3*1-13-11-3-5-12(6-4-11)15-9-7-14(2)8-10-15;1-8-6-2-4-7(9)5-3-6;2-1(3)4;;;/h2*11-13H,3-10H2,1-2H3;5,11,13H,3-4,6-10H2,1-2H3;6,8H,2-5H2,1H3;1H;3*1H4/t;;11-;;;;;/m..1...../s1. The minimum Gasteiger partial charge on any atom is -0.373 e. The van der Waals surface area contributed by atoms with Crippen LogP contribution < -0.4 is 21.3 Å². The number of allylic oxidation sites excluding steroid dienone is 1. The van der Waals surface area contributed by atoms with Crippen LogP contribution in [0.1, 0.15) is 119 Å². The number of nitrogens with zero attached hydrogens (tertiary/aromatic N) is 6. The van der Waals surface area contributed by atoms with E-state index in [-0.39, 0.29) is 22.3 Å². The van der Waals surface area contributed by atoms with E-state index in [1.54, 1.807) is 5.70 Å². The van der Waals surface area contributed by atoms with Crippen molar-refractivity contribution < 1.29 is 4.79 Å². The number of Topliss-reactive ketones (excluding diaryl/α,β-unsaturated/α-hetero) is 1. The molecular weight excluding hydrogens is 1100 g/mol. The molecule has 11 nitrogen and oxygen atoms in total. The average molecular weight is 1200 g/mol. The van der Waals surface area contributed by atoms with Crippen molar-refractivity contribution in [2.24, 2.45) is 0 Å². The monoisotopic (exact) mass is 1200 g/mol. The predicted octanol–water partition coefficient (Wildman–Crippen LogP) is 7.62. The van der Waals surface area contributed by atoms with Gasteiger partial charge in [0.1, 0.15) is 5.72 Å². The molecule has 0 spiro atoms. The van der Waals surface area contributed by atoms with Gasteiger partial charge in [-0.05, 0) is 133 Å². The van der Waals surface area contributed by atoms with Crippen LogP contribution in [0.3, 0.4) is 0 Å². The Morgan fingerprint density at radius 3 is 1.10 bits per heavy atom.